The van der Waals surface area contributed by atoms with Crippen molar-refractivity contribution in [2.24, 2.45) is 5.92 Å². The zero-order valence-corrected chi connectivity index (χ0v) is 11.7. The van der Waals surface area contributed by atoms with Gasteiger partial charge in [0.05, 0.1) is 12.7 Å². The summed E-state index contributed by atoms with van der Waals surface area (Å²) in [5.74, 6) is -0.723. The van der Waals surface area contributed by atoms with Gasteiger partial charge in [-0.25, -0.2) is 9.78 Å². The average Bonchev–Trinajstić information content (AvgIpc) is 2.45. The minimum absolute atomic E-state index is 0.154. The van der Waals surface area contributed by atoms with Gasteiger partial charge in [0.15, 0.2) is 0 Å². The standard InChI is InChI=1S/C14H17N3O3/c1-9(2)6-12(14(19)20-3)17-13(18)11-5-4-10(7-15)8-16-11/h4-5,8-9,12H,6H2,1-3H3,(H,17,18). The number of carbonyl (C=O) groups is 2. The summed E-state index contributed by atoms with van der Waals surface area (Å²) in [6.07, 6.45) is 1.79. The molecule has 106 valence electrons. The van der Waals surface area contributed by atoms with E-state index in [2.05, 4.69) is 15.0 Å². The number of rotatable bonds is 5. The van der Waals surface area contributed by atoms with Crippen molar-refractivity contribution in [2.45, 2.75) is 26.3 Å². The Hall–Kier alpha value is -2.42. The van der Waals surface area contributed by atoms with Crippen LogP contribution in [-0.4, -0.2) is 30.0 Å². The first-order valence-corrected chi connectivity index (χ1v) is 6.22. The van der Waals surface area contributed by atoms with Gasteiger partial charge in [-0.2, -0.15) is 5.26 Å². The van der Waals surface area contributed by atoms with Gasteiger partial charge in [-0.05, 0) is 24.5 Å². The number of hydrogen-bond acceptors (Lipinski definition) is 5. The third-order valence-corrected chi connectivity index (χ3v) is 2.62. The van der Waals surface area contributed by atoms with E-state index in [1.807, 2.05) is 19.9 Å². The molecule has 0 aromatic carbocycles. The van der Waals surface area contributed by atoms with Crippen molar-refractivity contribution in [3.05, 3.63) is 29.6 Å². The van der Waals surface area contributed by atoms with Crippen molar-refractivity contribution in [2.75, 3.05) is 7.11 Å². The molecule has 0 fully saturated rings. The molecule has 1 N–H and O–H groups in total. The summed E-state index contributed by atoms with van der Waals surface area (Å²) in [4.78, 5) is 27.5. The number of carbonyl (C=O) groups excluding carboxylic acids is 2. The maximum Gasteiger partial charge on any atom is 0.328 e. The number of ether oxygens (including phenoxy) is 1. The van der Waals surface area contributed by atoms with Gasteiger partial charge in [0, 0.05) is 6.20 Å². The fourth-order valence-corrected chi connectivity index (χ4v) is 1.65. The van der Waals surface area contributed by atoms with E-state index in [9.17, 15) is 9.59 Å². The molecule has 1 atom stereocenters. The molecule has 1 amide bonds. The Morgan fingerprint density at radius 2 is 2.15 bits per heavy atom. The first-order chi connectivity index (χ1) is 9.47. The monoisotopic (exact) mass is 275 g/mol. The van der Waals surface area contributed by atoms with Gasteiger partial charge in [-0.15, -0.1) is 0 Å². The lowest BCUT2D eigenvalue weighted by Gasteiger charge is -2.18. The second-order valence-corrected chi connectivity index (χ2v) is 4.72. The second-order valence-electron chi connectivity index (χ2n) is 4.72. The van der Waals surface area contributed by atoms with Gasteiger partial charge in [0.25, 0.3) is 5.91 Å². The van der Waals surface area contributed by atoms with Crippen LogP contribution in [0.2, 0.25) is 0 Å². The highest BCUT2D eigenvalue weighted by molar-refractivity contribution is 5.95. The van der Waals surface area contributed by atoms with Crippen LogP contribution in [0.25, 0.3) is 0 Å². The maximum absolute atomic E-state index is 12.0. The van der Waals surface area contributed by atoms with Crippen molar-refractivity contribution < 1.29 is 14.3 Å². The number of nitrogens with zero attached hydrogens (tertiary/aromatic N) is 2. The van der Waals surface area contributed by atoms with Crippen LogP contribution < -0.4 is 5.32 Å². The van der Waals surface area contributed by atoms with E-state index in [4.69, 9.17) is 5.26 Å². The van der Waals surface area contributed by atoms with Gasteiger partial charge < -0.3 is 10.1 Å². The van der Waals surface area contributed by atoms with Gasteiger partial charge >= 0.3 is 5.97 Å². The molecule has 20 heavy (non-hydrogen) atoms. The number of methoxy groups -OCH3 is 1. The molecule has 0 bridgehead atoms. The van der Waals surface area contributed by atoms with Crippen LogP contribution in [0, 0.1) is 17.2 Å². The number of pyridine rings is 1. The summed E-state index contributed by atoms with van der Waals surface area (Å²) < 4.78 is 4.67. The van der Waals surface area contributed by atoms with Gasteiger partial charge in [0.1, 0.15) is 17.8 Å². The van der Waals surface area contributed by atoms with Crippen molar-refractivity contribution in [3.63, 3.8) is 0 Å². The Labute approximate surface area is 117 Å². The molecule has 1 unspecified atom stereocenters. The normalized spacial score (nSPS) is 11.6. The molecule has 0 radical (unpaired) electrons. The van der Waals surface area contributed by atoms with E-state index in [1.165, 1.54) is 25.4 Å². The average molecular weight is 275 g/mol. The highest BCUT2D eigenvalue weighted by Crippen LogP contribution is 2.07. The number of hydrogen-bond donors (Lipinski definition) is 1. The zero-order valence-electron chi connectivity index (χ0n) is 11.7. The minimum atomic E-state index is -0.704. The summed E-state index contributed by atoms with van der Waals surface area (Å²) in [5, 5.41) is 11.3. The Morgan fingerprint density at radius 3 is 2.60 bits per heavy atom. The predicted octanol–water partition coefficient (Wildman–Crippen LogP) is 1.27. The van der Waals surface area contributed by atoms with Gasteiger partial charge in [0.2, 0.25) is 0 Å². The molecule has 6 nitrogen and oxygen atoms in total. The lowest BCUT2D eigenvalue weighted by Crippen LogP contribution is -2.42. The number of esters is 1. The number of amides is 1. The zero-order chi connectivity index (χ0) is 15.1. The fourth-order valence-electron chi connectivity index (χ4n) is 1.65. The van der Waals surface area contributed by atoms with Crippen molar-refractivity contribution >= 4 is 11.9 Å². The molecule has 0 aliphatic carbocycles. The van der Waals surface area contributed by atoms with Crippen LogP contribution in [0.3, 0.4) is 0 Å². The van der Waals surface area contributed by atoms with Crippen LogP contribution in [0.15, 0.2) is 18.3 Å². The highest BCUT2D eigenvalue weighted by atomic mass is 16.5. The minimum Gasteiger partial charge on any atom is -0.467 e. The quantitative estimate of drug-likeness (QED) is 0.817. The summed E-state index contributed by atoms with van der Waals surface area (Å²) in [5.41, 5.74) is 0.523. The molecule has 6 heteroatoms. The summed E-state index contributed by atoms with van der Waals surface area (Å²) in [7, 11) is 1.28. The van der Waals surface area contributed by atoms with Crippen LogP contribution in [-0.2, 0) is 9.53 Å². The highest BCUT2D eigenvalue weighted by Gasteiger charge is 2.23. The number of nitriles is 1. The summed E-state index contributed by atoms with van der Waals surface area (Å²) in [6.45, 7) is 3.89. The van der Waals surface area contributed by atoms with E-state index < -0.39 is 17.9 Å². The van der Waals surface area contributed by atoms with E-state index in [-0.39, 0.29) is 11.6 Å². The van der Waals surface area contributed by atoms with E-state index in [0.717, 1.165) is 0 Å². The van der Waals surface area contributed by atoms with Crippen molar-refractivity contribution in [1.29, 1.82) is 5.26 Å². The number of nitrogens with one attached hydrogen (secondary N) is 1. The van der Waals surface area contributed by atoms with E-state index in [0.29, 0.717) is 12.0 Å². The largest absolute Gasteiger partial charge is 0.467 e. The lowest BCUT2D eigenvalue weighted by molar-refractivity contribution is -0.143. The Morgan fingerprint density at radius 1 is 1.45 bits per heavy atom. The topological polar surface area (TPSA) is 92.1 Å². The molecule has 1 heterocycles. The third kappa shape index (κ3) is 4.35. The van der Waals surface area contributed by atoms with E-state index >= 15 is 0 Å². The Bertz CT molecular complexity index is 517. The lowest BCUT2D eigenvalue weighted by atomic mass is 10.0. The van der Waals surface area contributed by atoms with E-state index in [1.54, 1.807) is 0 Å². The first-order valence-electron chi connectivity index (χ1n) is 6.22. The first kappa shape index (κ1) is 15.6. The van der Waals surface area contributed by atoms with Crippen molar-refractivity contribution in [3.8, 4) is 6.07 Å². The molecule has 0 saturated carbocycles. The van der Waals surface area contributed by atoms with Gasteiger partial charge in [-0.1, -0.05) is 13.8 Å². The van der Waals surface area contributed by atoms with Crippen molar-refractivity contribution in [1.82, 2.24) is 10.3 Å². The fraction of sp³-hybridized carbons (Fsp3) is 0.429. The molecule has 1 aromatic rings. The molecule has 1 aromatic heterocycles. The van der Waals surface area contributed by atoms with Crippen LogP contribution in [0.4, 0.5) is 0 Å². The molecule has 0 saturated heterocycles. The summed E-state index contributed by atoms with van der Waals surface area (Å²) >= 11 is 0. The maximum atomic E-state index is 12.0. The molecule has 0 aliphatic rings. The Balaban J connectivity index is 2.79. The molecule has 1 rings (SSSR count). The summed E-state index contributed by atoms with van der Waals surface area (Å²) in [6, 6.07) is 4.15. The molecule has 0 aliphatic heterocycles. The number of aromatic nitrogens is 1. The predicted molar refractivity (Wildman–Crippen MR) is 71.7 cm³/mol. The van der Waals surface area contributed by atoms with Crippen LogP contribution in [0.5, 0.6) is 0 Å². The van der Waals surface area contributed by atoms with Crippen LogP contribution in [0.1, 0.15) is 36.3 Å². The SMILES string of the molecule is COC(=O)C(CC(C)C)NC(=O)c1ccc(C#N)cn1. The molecule has 0 spiro atoms. The van der Waals surface area contributed by atoms with Gasteiger partial charge in [-0.3, -0.25) is 4.79 Å². The molecular weight excluding hydrogens is 258 g/mol. The molecular formula is C14H17N3O3. The second kappa shape index (κ2) is 7.24. The smallest absolute Gasteiger partial charge is 0.328 e. The third-order valence-electron chi connectivity index (χ3n) is 2.62. The Kier molecular flexibility index (Phi) is 5.66. The van der Waals surface area contributed by atoms with Crippen LogP contribution >= 0.6 is 0 Å².